The van der Waals surface area contributed by atoms with E-state index in [-0.39, 0.29) is 31.1 Å². The van der Waals surface area contributed by atoms with E-state index in [0.717, 1.165) is 11.1 Å². The number of carbonyl (C=O) groups is 3. The van der Waals surface area contributed by atoms with Crippen molar-refractivity contribution in [2.45, 2.75) is 46.2 Å². The molecule has 2 heterocycles. The number of amides is 3. The minimum Gasteiger partial charge on any atom is -0.463 e. The summed E-state index contributed by atoms with van der Waals surface area (Å²) in [4.78, 5) is 44.4. The van der Waals surface area contributed by atoms with E-state index in [2.05, 4.69) is 16.8 Å². The number of esters is 1. The van der Waals surface area contributed by atoms with Gasteiger partial charge in [-0.3, -0.25) is 14.6 Å². The number of benzene rings is 1. The van der Waals surface area contributed by atoms with Crippen molar-refractivity contribution in [2.75, 3.05) is 39.3 Å². The Kier molecular flexibility index (Phi) is 8.50. The molecule has 1 saturated heterocycles. The van der Waals surface area contributed by atoms with Gasteiger partial charge < -0.3 is 15.0 Å². The topological polar surface area (TPSA) is 82.2 Å². The Balaban J connectivity index is 2.04. The smallest absolute Gasteiger partial charge is 0.338 e. The fourth-order valence-electron chi connectivity index (χ4n) is 4.75. The molecule has 1 aromatic rings. The van der Waals surface area contributed by atoms with Crippen LogP contribution in [0.15, 0.2) is 48.2 Å². The van der Waals surface area contributed by atoms with Gasteiger partial charge in [-0.2, -0.15) is 0 Å². The lowest BCUT2D eigenvalue weighted by Gasteiger charge is -2.43. The zero-order chi connectivity index (χ0) is 24.8. The van der Waals surface area contributed by atoms with E-state index in [1.165, 1.54) is 0 Å². The minimum absolute atomic E-state index is 0.0466. The minimum atomic E-state index is -0.607. The number of hydrogen-bond donors (Lipinski definition) is 1. The zero-order valence-electron chi connectivity index (χ0n) is 20.7. The van der Waals surface area contributed by atoms with Crippen LogP contribution in [0.5, 0.6) is 0 Å². The van der Waals surface area contributed by atoms with E-state index in [1.54, 1.807) is 17.9 Å². The molecule has 2 aliphatic rings. The second kappa shape index (κ2) is 11.3. The number of urea groups is 1. The van der Waals surface area contributed by atoms with Gasteiger partial charge in [0.05, 0.1) is 18.2 Å². The second-order valence-electron chi connectivity index (χ2n) is 8.74. The summed E-state index contributed by atoms with van der Waals surface area (Å²) in [5.74, 6) is -0.295. The number of rotatable bonds is 8. The van der Waals surface area contributed by atoms with Crippen molar-refractivity contribution in [1.82, 2.24) is 20.0 Å². The van der Waals surface area contributed by atoms with Crippen molar-refractivity contribution in [3.63, 3.8) is 0 Å². The monoisotopic (exact) mass is 468 g/mol. The van der Waals surface area contributed by atoms with E-state index < -0.39 is 12.0 Å². The Labute approximate surface area is 202 Å². The Morgan fingerprint density at radius 2 is 1.97 bits per heavy atom. The molecule has 184 valence electrons. The molecule has 0 aromatic heterocycles. The van der Waals surface area contributed by atoms with E-state index in [1.807, 2.05) is 49.9 Å². The highest BCUT2D eigenvalue weighted by atomic mass is 16.5. The van der Waals surface area contributed by atoms with Gasteiger partial charge in [0, 0.05) is 50.9 Å². The highest BCUT2D eigenvalue weighted by Gasteiger charge is 2.39. The van der Waals surface area contributed by atoms with Gasteiger partial charge in [0.25, 0.3) is 0 Å². The quantitative estimate of drug-likeness (QED) is 0.469. The van der Waals surface area contributed by atoms with Crippen LogP contribution in [0.25, 0.3) is 0 Å². The Morgan fingerprint density at radius 1 is 1.24 bits per heavy atom. The Hall–Kier alpha value is -3.13. The molecule has 0 spiro atoms. The molecule has 8 heteroatoms. The Morgan fingerprint density at radius 3 is 2.59 bits per heavy atom. The third kappa shape index (κ3) is 5.33. The fourth-order valence-corrected chi connectivity index (χ4v) is 4.75. The first kappa shape index (κ1) is 25.5. The van der Waals surface area contributed by atoms with Crippen LogP contribution in [0, 0.1) is 6.92 Å². The van der Waals surface area contributed by atoms with Crippen LogP contribution < -0.4 is 5.32 Å². The Bertz CT molecular complexity index is 973. The summed E-state index contributed by atoms with van der Waals surface area (Å²) >= 11 is 0. The molecule has 0 radical (unpaired) electrons. The maximum absolute atomic E-state index is 13.3. The zero-order valence-corrected chi connectivity index (χ0v) is 20.7. The molecule has 1 fully saturated rings. The van der Waals surface area contributed by atoms with Crippen LogP contribution in [0.1, 0.15) is 44.4 Å². The molecule has 0 bridgehead atoms. The first-order chi connectivity index (χ1) is 16.3. The molecule has 34 heavy (non-hydrogen) atoms. The largest absolute Gasteiger partial charge is 0.463 e. The lowest BCUT2D eigenvalue weighted by Crippen LogP contribution is -2.56. The van der Waals surface area contributed by atoms with Gasteiger partial charge in [-0.25, -0.2) is 9.59 Å². The predicted molar refractivity (Wildman–Crippen MR) is 131 cm³/mol. The van der Waals surface area contributed by atoms with Crippen molar-refractivity contribution in [1.29, 1.82) is 0 Å². The van der Waals surface area contributed by atoms with Gasteiger partial charge in [0.15, 0.2) is 0 Å². The van der Waals surface area contributed by atoms with Gasteiger partial charge in [-0.1, -0.05) is 37.3 Å². The molecule has 0 aliphatic carbocycles. The highest BCUT2D eigenvalue weighted by Crippen LogP contribution is 2.33. The maximum atomic E-state index is 13.3. The lowest BCUT2D eigenvalue weighted by molar-refractivity contribution is -0.139. The number of hydrogen-bond acceptors (Lipinski definition) is 5. The van der Waals surface area contributed by atoms with Crippen LogP contribution in [0.2, 0.25) is 0 Å². The number of piperazine rings is 1. The SMILES string of the molecule is C=CCN1C(=O)N[C@H](c2ccccc2C)C(C(=O)OCC)=C1CN1CCN(C(=O)CC)[C@@H](C)C1. The molecule has 3 amide bonds. The highest BCUT2D eigenvalue weighted by molar-refractivity contribution is 5.95. The van der Waals surface area contributed by atoms with Gasteiger partial charge in [-0.15, -0.1) is 6.58 Å². The normalized spacial score (nSPS) is 21.4. The number of ether oxygens (including phenoxy) is 1. The average molecular weight is 469 g/mol. The molecule has 1 aromatic carbocycles. The summed E-state index contributed by atoms with van der Waals surface area (Å²) in [5, 5.41) is 3.01. The van der Waals surface area contributed by atoms with Crippen molar-refractivity contribution in [3.05, 3.63) is 59.3 Å². The van der Waals surface area contributed by atoms with Crippen LogP contribution in [-0.2, 0) is 14.3 Å². The number of aryl methyl sites for hydroxylation is 1. The lowest BCUT2D eigenvalue weighted by atomic mass is 9.91. The first-order valence-electron chi connectivity index (χ1n) is 12.0. The van der Waals surface area contributed by atoms with Gasteiger partial charge >= 0.3 is 12.0 Å². The predicted octanol–water partition coefficient (Wildman–Crippen LogP) is 3.01. The molecule has 8 nitrogen and oxygen atoms in total. The summed E-state index contributed by atoms with van der Waals surface area (Å²) in [6.45, 7) is 14.3. The fraction of sp³-hybridized carbons (Fsp3) is 0.500. The molecule has 1 N–H and O–H groups in total. The summed E-state index contributed by atoms with van der Waals surface area (Å²) < 4.78 is 5.47. The standard InChI is InChI=1S/C26H36N4O4/c1-6-13-30-21(17-28-14-15-29(19(5)16-28)22(31)7-2)23(25(32)34-8-3)24(27-26(30)33)20-12-10-9-11-18(20)4/h6,9-12,19,24H,1,7-8,13-17H2,2-5H3,(H,27,33)/t19-,24+/m0/s1. The first-order valence-corrected chi connectivity index (χ1v) is 12.0. The van der Waals surface area contributed by atoms with Crippen molar-refractivity contribution in [2.24, 2.45) is 0 Å². The summed E-state index contributed by atoms with van der Waals surface area (Å²) in [7, 11) is 0. The number of nitrogens with one attached hydrogen (secondary N) is 1. The second-order valence-corrected chi connectivity index (χ2v) is 8.74. The maximum Gasteiger partial charge on any atom is 0.338 e. The van der Waals surface area contributed by atoms with Gasteiger partial charge in [0.2, 0.25) is 5.91 Å². The van der Waals surface area contributed by atoms with Gasteiger partial charge in [-0.05, 0) is 31.9 Å². The number of carbonyl (C=O) groups excluding carboxylic acids is 3. The average Bonchev–Trinajstić information content (AvgIpc) is 2.81. The van der Waals surface area contributed by atoms with Crippen molar-refractivity contribution >= 4 is 17.9 Å². The molecule has 3 rings (SSSR count). The van der Waals surface area contributed by atoms with Crippen LogP contribution in [0.3, 0.4) is 0 Å². The van der Waals surface area contributed by atoms with Gasteiger partial charge in [0.1, 0.15) is 0 Å². The van der Waals surface area contributed by atoms with E-state index in [4.69, 9.17) is 4.74 Å². The van der Waals surface area contributed by atoms with Crippen molar-refractivity contribution in [3.8, 4) is 0 Å². The molecule has 0 unspecified atom stereocenters. The third-order valence-electron chi connectivity index (χ3n) is 6.45. The summed E-state index contributed by atoms with van der Waals surface area (Å²) in [6, 6.07) is 6.89. The van der Waals surface area contributed by atoms with Crippen LogP contribution in [-0.4, -0.2) is 78.0 Å². The van der Waals surface area contributed by atoms with E-state index in [9.17, 15) is 14.4 Å². The summed E-state index contributed by atoms with van der Waals surface area (Å²) in [5.41, 5.74) is 2.91. The van der Waals surface area contributed by atoms with Crippen LogP contribution in [0.4, 0.5) is 4.79 Å². The third-order valence-corrected chi connectivity index (χ3v) is 6.45. The van der Waals surface area contributed by atoms with E-state index >= 15 is 0 Å². The molecule has 2 atom stereocenters. The molecule has 0 saturated carbocycles. The van der Waals surface area contributed by atoms with E-state index in [0.29, 0.717) is 43.9 Å². The van der Waals surface area contributed by atoms with Crippen molar-refractivity contribution < 1.29 is 19.1 Å². The summed E-state index contributed by atoms with van der Waals surface area (Å²) in [6.07, 6.45) is 2.13. The molecular formula is C26H36N4O4. The molecular weight excluding hydrogens is 432 g/mol. The van der Waals surface area contributed by atoms with Crippen LogP contribution >= 0.6 is 0 Å². The number of nitrogens with zero attached hydrogens (tertiary/aromatic N) is 3. The molecule has 2 aliphatic heterocycles.